The third-order valence-corrected chi connectivity index (χ3v) is 6.11. The van der Waals surface area contributed by atoms with Gasteiger partial charge in [0, 0.05) is 12.6 Å². The van der Waals surface area contributed by atoms with Crippen molar-refractivity contribution >= 4 is 16.0 Å². The summed E-state index contributed by atoms with van der Waals surface area (Å²) in [4.78, 5) is 4.09. The number of nitrogens with zero attached hydrogens (tertiary/aromatic N) is 2. The minimum atomic E-state index is -3.17. The Bertz CT molecular complexity index is 880. The summed E-state index contributed by atoms with van der Waals surface area (Å²) in [6, 6.07) is 3.32. The van der Waals surface area contributed by atoms with E-state index in [9.17, 15) is 17.2 Å². The lowest BCUT2D eigenvalue weighted by molar-refractivity contribution is 0.330. The number of nitrogens with one attached hydrogen (secondary N) is 2. The molecule has 0 saturated heterocycles. The second kappa shape index (κ2) is 8.30. The molecule has 1 aromatic heterocycles. The number of rotatable bonds is 7. The highest BCUT2D eigenvalue weighted by atomic mass is 32.2. The van der Waals surface area contributed by atoms with Crippen molar-refractivity contribution < 1.29 is 21.7 Å². The Hall–Kier alpha value is -2.07. The van der Waals surface area contributed by atoms with Gasteiger partial charge in [-0.05, 0) is 56.7 Å². The fourth-order valence-corrected chi connectivity index (χ4v) is 3.79. The lowest BCUT2D eigenvalue weighted by Gasteiger charge is -2.28. The van der Waals surface area contributed by atoms with Crippen molar-refractivity contribution in [1.29, 1.82) is 0 Å². The van der Waals surface area contributed by atoms with Crippen LogP contribution in [0.5, 0.6) is 0 Å². The first-order valence-electron chi connectivity index (χ1n) is 8.89. The van der Waals surface area contributed by atoms with Crippen LogP contribution in [0.4, 0.5) is 14.8 Å². The molecule has 2 N–H and O–H groups in total. The van der Waals surface area contributed by atoms with Gasteiger partial charge < -0.3 is 9.84 Å². The lowest BCUT2D eigenvalue weighted by Crippen LogP contribution is -2.34. The molecule has 0 radical (unpaired) electrons. The molecule has 3 rings (SSSR count). The van der Waals surface area contributed by atoms with Crippen molar-refractivity contribution in [3.8, 4) is 11.4 Å². The molecule has 2 aromatic rings. The third-order valence-electron chi connectivity index (χ3n) is 4.74. The minimum Gasteiger partial charge on any atom is -0.335 e. The maximum atomic E-state index is 13.8. The smallest absolute Gasteiger partial charge is 0.322 e. The molecule has 1 aliphatic rings. The van der Waals surface area contributed by atoms with E-state index in [4.69, 9.17) is 4.52 Å². The van der Waals surface area contributed by atoms with Crippen molar-refractivity contribution in [2.24, 2.45) is 5.92 Å². The lowest BCUT2D eigenvalue weighted by atomic mass is 9.86. The zero-order chi connectivity index (χ0) is 19.4. The summed E-state index contributed by atoms with van der Waals surface area (Å²) in [5.41, 5.74) is -0.0567. The van der Waals surface area contributed by atoms with Gasteiger partial charge >= 0.3 is 6.01 Å². The van der Waals surface area contributed by atoms with Crippen LogP contribution in [-0.4, -0.2) is 36.9 Å². The molecular weight excluding hydrogens is 378 g/mol. The summed E-state index contributed by atoms with van der Waals surface area (Å²) in [6.07, 6.45) is 3.38. The summed E-state index contributed by atoms with van der Waals surface area (Å²) < 4.78 is 57.8. The van der Waals surface area contributed by atoms with Crippen LogP contribution >= 0.6 is 0 Å². The molecule has 1 saturated carbocycles. The predicted molar refractivity (Wildman–Crippen MR) is 96.5 cm³/mol. The minimum absolute atomic E-state index is 0.0165. The van der Waals surface area contributed by atoms with Crippen molar-refractivity contribution in [3.05, 3.63) is 29.8 Å². The monoisotopic (exact) mass is 400 g/mol. The van der Waals surface area contributed by atoms with Gasteiger partial charge in [0.15, 0.2) is 0 Å². The van der Waals surface area contributed by atoms with Gasteiger partial charge in [0.25, 0.3) is 0 Å². The number of sulfonamides is 1. The average molecular weight is 400 g/mol. The molecule has 0 bridgehead atoms. The van der Waals surface area contributed by atoms with Crippen LogP contribution in [0, 0.1) is 17.6 Å². The number of halogens is 2. The number of anilines is 1. The predicted octanol–water partition coefficient (Wildman–Crippen LogP) is 2.92. The van der Waals surface area contributed by atoms with Crippen LogP contribution in [0.1, 0.15) is 32.6 Å². The second-order valence-electron chi connectivity index (χ2n) is 6.66. The Morgan fingerprint density at radius 3 is 2.67 bits per heavy atom. The first-order valence-corrected chi connectivity index (χ1v) is 10.5. The number of hydrogen-bond acceptors (Lipinski definition) is 6. The number of aromatic nitrogens is 2. The van der Waals surface area contributed by atoms with Gasteiger partial charge in [-0.25, -0.2) is 21.9 Å². The van der Waals surface area contributed by atoms with Crippen LogP contribution in [0.2, 0.25) is 0 Å². The van der Waals surface area contributed by atoms with E-state index in [2.05, 4.69) is 20.2 Å². The molecule has 1 fully saturated rings. The maximum absolute atomic E-state index is 13.8. The van der Waals surface area contributed by atoms with Crippen LogP contribution in [0.3, 0.4) is 0 Å². The summed E-state index contributed by atoms with van der Waals surface area (Å²) in [6.45, 7) is 2.06. The molecule has 0 aliphatic heterocycles. The van der Waals surface area contributed by atoms with Gasteiger partial charge in [-0.2, -0.15) is 4.98 Å². The molecule has 0 spiro atoms. The highest BCUT2D eigenvalue weighted by Crippen LogP contribution is 2.27. The first-order chi connectivity index (χ1) is 12.9. The Morgan fingerprint density at radius 2 is 1.96 bits per heavy atom. The highest BCUT2D eigenvalue weighted by molar-refractivity contribution is 7.89. The summed E-state index contributed by atoms with van der Waals surface area (Å²) >= 11 is 0. The zero-order valence-corrected chi connectivity index (χ0v) is 15.7. The van der Waals surface area contributed by atoms with E-state index >= 15 is 0 Å². The van der Waals surface area contributed by atoms with Gasteiger partial charge in [-0.15, -0.1) is 0 Å². The second-order valence-corrected chi connectivity index (χ2v) is 8.76. The molecule has 1 aromatic carbocycles. The van der Waals surface area contributed by atoms with Crippen molar-refractivity contribution in [3.63, 3.8) is 0 Å². The van der Waals surface area contributed by atoms with E-state index in [1.807, 2.05) is 0 Å². The van der Waals surface area contributed by atoms with Crippen molar-refractivity contribution in [1.82, 2.24) is 14.9 Å². The van der Waals surface area contributed by atoms with Gasteiger partial charge in [0.1, 0.15) is 11.6 Å². The fourth-order valence-electron chi connectivity index (χ4n) is 3.09. The molecule has 148 valence electrons. The molecule has 10 heteroatoms. The van der Waals surface area contributed by atoms with Crippen molar-refractivity contribution in [2.75, 3.05) is 17.6 Å². The quantitative estimate of drug-likeness (QED) is 0.742. The maximum Gasteiger partial charge on any atom is 0.322 e. The van der Waals surface area contributed by atoms with E-state index in [1.54, 1.807) is 6.92 Å². The average Bonchev–Trinajstić information content (AvgIpc) is 3.11. The Morgan fingerprint density at radius 1 is 1.22 bits per heavy atom. The molecule has 27 heavy (non-hydrogen) atoms. The topological polar surface area (TPSA) is 97.1 Å². The molecule has 0 atom stereocenters. The molecule has 1 aliphatic carbocycles. The molecular formula is C17H22F2N4O3S. The van der Waals surface area contributed by atoms with E-state index in [-0.39, 0.29) is 29.2 Å². The van der Waals surface area contributed by atoms with E-state index in [0.717, 1.165) is 43.9 Å². The van der Waals surface area contributed by atoms with Gasteiger partial charge in [0.05, 0.1) is 11.3 Å². The standard InChI is InChI=1S/C17H22F2N4O3S/c1-2-27(24,25)20-10-11-3-6-13(7-4-11)21-17-22-16(23-26-17)14-9-12(18)5-8-15(14)19/h5,8-9,11,13,20H,2-4,6-7,10H2,1H3,(H,21,22,23). The van der Waals surface area contributed by atoms with E-state index in [0.29, 0.717) is 12.5 Å². The Labute approximate surface area is 156 Å². The van der Waals surface area contributed by atoms with Crippen LogP contribution in [-0.2, 0) is 10.0 Å². The largest absolute Gasteiger partial charge is 0.335 e. The molecule has 0 unspecified atom stereocenters. The molecule has 1 heterocycles. The Kier molecular flexibility index (Phi) is 6.05. The van der Waals surface area contributed by atoms with Crippen molar-refractivity contribution in [2.45, 2.75) is 38.6 Å². The first kappa shape index (κ1) is 19.7. The summed E-state index contributed by atoms with van der Waals surface area (Å²) in [5.74, 6) is -0.849. The van der Waals surface area contributed by atoms with E-state index in [1.165, 1.54) is 0 Å². The normalized spacial score (nSPS) is 20.6. The highest BCUT2D eigenvalue weighted by Gasteiger charge is 2.24. The third kappa shape index (κ3) is 5.23. The Balaban J connectivity index is 1.53. The van der Waals surface area contributed by atoms with Crippen LogP contribution < -0.4 is 10.0 Å². The SMILES string of the molecule is CCS(=O)(=O)NCC1CCC(Nc2nc(-c3cc(F)ccc3F)no2)CC1. The molecule has 0 amide bonds. The van der Waals surface area contributed by atoms with Gasteiger partial charge in [0.2, 0.25) is 15.8 Å². The number of benzene rings is 1. The van der Waals surface area contributed by atoms with Crippen LogP contribution in [0.25, 0.3) is 11.4 Å². The van der Waals surface area contributed by atoms with E-state index < -0.39 is 21.7 Å². The summed E-state index contributed by atoms with van der Waals surface area (Å²) in [7, 11) is -3.17. The fraction of sp³-hybridized carbons (Fsp3) is 0.529. The number of hydrogen-bond donors (Lipinski definition) is 2. The van der Waals surface area contributed by atoms with Gasteiger partial charge in [-0.1, -0.05) is 5.16 Å². The molecule has 7 nitrogen and oxygen atoms in total. The van der Waals surface area contributed by atoms with Crippen LogP contribution in [0.15, 0.2) is 22.7 Å². The van der Waals surface area contributed by atoms with Gasteiger partial charge in [-0.3, -0.25) is 0 Å². The summed E-state index contributed by atoms with van der Waals surface area (Å²) in [5, 5.41) is 6.82. The zero-order valence-electron chi connectivity index (χ0n) is 14.9.